The van der Waals surface area contributed by atoms with Gasteiger partial charge in [0.1, 0.15) is 0 Å². The van der Waals surface area contributed by atoms with E-state index in [9.17, 15) is 9.59 Å². The van der Waals surface area contributed by atoms with Gasteiger partial charge in [-0.25, -0.2) is 4.98 Å². The normalized spacial score (nSPS) is 16.7. The van der Waals surface area contributed by atoms with E-state index in [1.165, 1.54) is 24.2 Å². The molecule has 2 aromatic heterocycles. The number of nitrogens with one attached hydrogen (secondary N) is 1. The zero-order valence-corrected chi connectivity index (χ0v) is 16.4. The highest BCUT2D eigenvalue weighted by Crippen LogP contribution is 2.33. The van der Waals surface area contributed by atoms with Crippen LogP contribution in [0.25, 0.3) is 0 Å². The molecule has 2 aliphatic rings. The number of hydrogen-bond acceptors (Lipinski definition) is 5. The van der Waals surface area contributed by atoms with Crippen LogP contribution < -0.4 is 10.1 Å². The van der Waals surface area contributed by atoms with Crippen LogP contribution in [-0.4, -0.2) is 34.8 Å². The summed E-state index contributed by atoms with van der Waals surface area (Å²) in [7, 11) is 1.56. The van der Waals surface area contributed by atoms with Crippen molar-refractivity contribution in [1.29, 1.82) is 0 Å². The van der Waals surface area contributed by atoms with Crippen LogP contribution in [0.4, 0.5) is 0 Å². The van der Waals surface area contributed by atoms with E-state index >= 15 is 0 Å². The zero-order chi connectivity index (χ0) is 19.0. The second-order valence-electron chi connectivity index (χ2n) is 7.12. The summed E-state index contributed by atoms with van der Waals surface area (Å²) in [5.41, 5.74) is 2.13. The number of aryl methyl sites for hydroxylation is 1. The Morgan fingerprint density at radius 3 is 2.81 bits per heavy atom. The SMILES string of the molecule is COc1nc2c(cc1CNC(=O)c1ccc(C)s1)C(=O)N(C1CCCC1)C2. The fraction of sp³-hybridized carbons (Fsp3) is 0.450. The minimum Gasteiger partial charge on any atom is -0.481 e. The summed E-state index contributed by atoms with van der Waals surface area (Å²) < 4.78 is 5.42. The Labute approximate surface area is 162 Å². The van der Waals surface area contributed by atoms with E-state index in [0.717, 1.165) is 29.0 Å². The molecule has 3 heterocycles. The van der Waals surface area contributed by atoms with Crippen LogP contribution in [0.15, 0.2) is 18.2 Å². The Hall–Kier alpha value is -2.41. The number of pyridine rings is 1. The Morgan fingerprint density at radius 1 is 1.37 bits per heavy atom. The lowest BCUT2D eigenvalue weighted by molar-refractivity contribution is 0.0706. The summed E-state index contributed by atoms with van der Waals surface area (Å²) in [5.74, 6) is 0.389. The number of rotatable bonds is 5. The van der Waals surface area contributed by atoms with Gasteiger partial charge in [0.05, 0.1) is 29.8 Å². The highest BCUT2D eigenvalue weighted by atomic mass is 32.1. The van der Waals surface area contributed by atoms with E-state index in [2.05, 4.69) is 10.3 Å². The van der Waals surface area contributed by atoms with Gasteiger partial charge in [-0.1, -0.05) is 12.8 Å². The van der Waals surface area contributed by atoms with Crippen molar-refractivity contribution >= 4 is 23.2 Å². The number of methoxy groups -OCH3 is 1. The molecule has 1 saturated carbocycles. The Balaban J connectivity index is 1.52. The van der Waals surface area contributed by atoms with Gasteiger partial charge in [0, 0.05) is 23.0 Å². The molecule has 0 unspecified atom stereocenters. The number of thiophene rings is 1. The molecule has 2 aromatic rings. The third-order valence-corrected chi connectivity index (χ3v) is 6.31. The lowest BCUT2D eigenvalue weighted by atomic mass is 10.1. The number of aromatic nitrogens is 1. The topological polar surface area (TPSA) is 71.5 Å². The van der Waals surface area contributed by atoms with Crippen molar-refractivity contribution in [3.05, 3.63) is 44.8 Å². The maximum absolute atomic E-state index is 12.9. The second-order valence-corrected chi connectivity index (χ2v) is 8.40. The summed E-state index contributed by atoms with van der Waals surface area (Å²) in [6.45, 7) is 2.79. The maximum Gasteiger partial charge on any atom is 0.261 e. The van der Waals surface area contributed by atoms with Gasteiger partial charge in [0.2, 0.25) is 5.88 Å². The molecule has 7 heteroatoms. The van der Waals surface area contributed by atoms with Crippen molar-refractivity contribution in [2.45, 2.75) is 51.7 Å². The predicted molar refractivity (Wildman–Crippen MR) is 103 cm³/mol. The first kappa shape index (κ1) is 18.0. The minimum atomic E-state index is -0.130. The van der Waals surface area contributed by atoms with Crippen LogP contribution >= 0.6 is 11.3 Å². The average molecular weight is 385 g/mol. The molecule has 0 spiro atoms. The number of amides is 2. The molecule has 0 aromatic carbocycles. The maximum atomic E-state index is 12.9. The van der Waals surface area contributed by atoms with Crippen molar-refractivity contribution in [3.8, 4) is 5.88 Å². The van der Waals surface area contributed by atoms with Crippen molar-refractivity contribution < 1.29 is 14.3 Å². The smallest absolute Gasteiger partial charge is 0.261 e. The molecule has 0 atom stereocenters. The summed E-state index contributed by atoms with van der Waals surface area (Å²) >= 11 is 1.46. The van der Waals surface area contributed by atoms with Crippen molar-refractivity contribution in [2.24, 2.45) is 0 Å². The molecule has 0 bridgehead atoms. The van der Waals surface area contributed by atoms with Crippen LogP contribution in [0.1, 0.15) is 61.8 Å². The molecule has 1 fully saturated rings. The molecule has 0 saturated heterocycles. The van der Waals surface area contributed by atoms with Gasteiger partial charge in [-0.15, -0.1) is 11.3 Å². The monoisotopic (exact) mass is 385 g/mol. The van der Waals surface area contributed by atoms with Crippen LogP contribution in [0.5, 0.6) is 5.88 Å². The van der Waals surface area contributed by atoms with Crippen molar-refractivity contribution in [1.82, 2.24) is 15.2 Å². The number of fused-ring (bicyclic) bond motifs is 1. The predicted octanol–water partition coefficient (Wildman–Crippen LogP) is 3.29. The number of carbonyl (C=O) groups excluding carboxylic acids is 2. The lowest BCUT2D eigenvalue weighted by Gasteiger charge is -2.22. The first-order chi connectivity index (χ1) is 13.1. The van der Waals surface area contributed by atoms with Gasteiger partial charge < -0.3 is 15.0 Å². The fourth-order valence-corrected chi connectivity index (χ4v) is 4.68. The highest BCUT2D eigenvalue weighted by molar-refractivity contribution is 7.13. The molecular formula is C20H23N3O3S. The zero-order valence-electron chi connectivity index (χ0n) is 15.6. The number of hydrogen-bond donors (Lipinski definition) is 1. The average Bonchev–Trinajstić information content (AvgIpc) is 3.40. The van der Waals surface area contributed by atoms with Crippen LogP contribution in [0.2, 0.25) is 0 Å². The molecule has 1 aliphatic carbocycles. The van der Waals surface area contributed by atoms with Gasteiger partial charge >= 0.3 is 0 Å². The van der Waals surface area contributed by atoms with Gasteiger partial charge in [-0.3, -0.25) is 9.59 Å². The van der Waals surface area contributed by atoms with E-state index in [1.54, 1.807) is 7.11 Å². The van der Waals surface area contributed by atoms with Crippen LogP contribution in [0.3, 0.4) is 0 Å². The summed E-state index contributed by atoms with van der Waals surface area (Å²) in [6, 6.07) is 5.89. The molecule has 6 nitrogen and oxygen atoms in total. The molecule has 142 valence electrons. The molecule has 0 radical (unpaired) electrons. The summed E-state index contributed by atoms with van der Waals surface area (Å²) in [4.78, 5) is 33.4. The first-order valence-corrected chi connectivity index (χ1v) is 10.1. The molecule has 2 amide bonds. The standard InChI is InChI=1S/C20H23N3O3S/c1-12-7-8-17(27-12)18(24)21-10-13-9-15-16(22-19(13)26-2)11-23(20(15)25)14-5-3-4-6-14/h7-9,14H,3-6,10-11H2,1-2H3,(H,21,24). The second kappa shape index (κ2) is 7.31. The minimum absolute atomic E-state index is 0.0495. The molecule has 1 N–H and O–H groups in total. The van der Waals surface area contributed by atoms with Crippen molar-refractivity contribution in [2.75, 3.05) is 7.11 Å². The number of carbonyl (C=O) groups is 2. The molecular weight excluding hydrogens is 362 g/mol. The van der Waals surface area contributed by atoms with E-state index in [-0.39, 0.29) is 18.4 Å². The molecule has 27 heavy (non-hydrogen) atoms. The Bertz CT molecular complexity index is 887. The van der Waals surface area contributed by atoms with Gasteiger partial charge in [-0.05, 0) is 38.0 Å². The summed E-state index contributed by atoms with van der Waals surface area (Å²) in [6.07, 6.45) is 4.50. The third-order valence-electron chi connectivity index (χ3n) is 5.31. The van der Waals surface area contributed by atoms with E-state index in [4.69, 9.17) is 4.74 Å². The Morgan fingerprint density at radius 2 is 2.15 bits per heavy atom. The van der Waals surface area contributed by atoms with Crippen LogP contribution in [-0.2, 0) is 13.1 Å². The van der Waals surface area contributed by atoms with Crippen LogP contribution in [0, 0.1) is 6.92 Å². The Kier molecular flexibility index (Phi) is 4.86. The molecule has 1 aliphatic heterocycles. The molecule has 4 rings (SSSR count). The third kappa shape index (κ3) is 3.43. The van der Waals surface area contributed by atoms with E-state index < -0.39 is 0 Å². The summed E-state index contributed by atoms with van der Waals surface area (Å²) in [5, 5.41) is 2.90. The van der Waals surface area contributed by atoms with Gasteiger partial charge in [0.15, 0.2) is 0 Å². The van der Waals surface area contributed by atoms with Gasteiger partial charge in [-0.2, -0.15) is 0 Å². The fourth-order valence-electron chi connectivity index (χ4n) is 3.90. The first-order valence-electron chi connectivity index (χ1n) is 9.29. The number of nitrogens with zero attached hydrogens (tertiary/aromatic N) is 2. The number of ether oxygens (including phenoxy) is 1. The van der Waals surface area contributed by atoms with Gasteiger partial charge in [0.25, 0.3) is 11.8 Å². The van der Waals surface area contributed by atoms with Crippen molar-refractivity contribution in [3.63, 3.8) is 0 Å². The largest absolute Gasteiger partial charge is 0.481 e. The van der Waals surface area contributed by atoms with E-state index in [0.29, 0.717) is 28.9 Å². The van der Waals surface area contributed by atoms with E-state index in [1.807, 2.05) is 30.0 Å². The lowest BCUT2D eigenvalue weighted by Crippen LogP contribution is -2.33. The quantitative estimate of drug-likeness (QED) is 0.857. The highest BCUT2D eigenvalue weighted by Gasteiger charge is 2.35.